The molecular formula is C14H15N3O6S. The molecule has 128 valence electrons. The predicted molar refractivity (Wildman–Crippen MR) is 83.2 cm³/mol. The summed E-state index contributed by atoms with van der Waals surface area (Å²) in [5, 5.41) is 10.8. The molecule has 0 fully saturated rings. The van der Waals surface area contributed by atoms with Crippen LogP contribution >= 0.6 is 0 Å². The minimum atomic E-state index is -3.71. The zero-order valence-electron chi connectivity index (χ0n) is 12.7. The molecule has 0 unspecified atom stereocenters. The van der Waals surface area contributed by atoms with Crippen molar-refractivity contribution in [1.29, 1.82) is 0 Å². The molecule has 0 saturated heterocycles. The lowest BCUT2D eigenvalue weighted by Crippen LogP contribution is -2.44. The third kappa shape index (κ3) is 3.71. The summed E-state index contributed by atoms with van der Waals surface area (Å²) in [5.41, 5.74) is 0.930. The van der Waals surface area contributed by atoms with E-state index < -0.39 is 27.2 Å². The molecule has 0 N–H and O–H groups in total. The third-order valence-electron chi connectivity index (χ3n) is 3.54. The van der Waals surface area contributed by atoms with E-state index in [4.69, 9.17) is 8.92 Å². The van der Waals surface area contributed by atoms with Gasteiger partial charge in [-0.1, -0.05) is 30.3 Å². The molecule has 0 radical (unpaired) electrons. The topological polar surface area (TPSA) is 114 Å². The quantitative estimate of drug-likeness (QED) is 0.450. The van der Waals surface area contributed by atoms with E-state index in [1.165, 1.54) is 10.8 Å². The van der Waals surface area contributed by atoms with Crippen LogP contribution in [-0.2, 0) is 27.3 Å². The van der Waals surface area contributed by atoms with Crippen LogP contribution in [0.4, 0.5) is 5.82 Å². The third-order valence-corrected chi connectivity index (χ3v) is 4.14. The number of hydrogen-bond acceptors (Lipinski definition) is 7. The number of nitro groups is 1. The van der Waals surface area contributed by atoms with Gasteiger partial charge in [0.25, 0.3) is 10.1 Å². The summed E-state index contributed by atoms with van der Waals surface area (Å²) < 4.78 is 35.2. The van der Waals surface area contributed by atoms with Gasteiger partial charge in [-0.3, -0.25) is 8.75 Å². The van der Waals surface area contributed by atoms with Gasteiger partial charge in [-0.15, -0.1) is 0 Å². The van der Waals surface area contributed by atoms with Crippen molar-refractivity contribution in [3.8, 4) is 6.01 Å². The normalized spacial score (nSPS) is 20.2. The standard InChI is InChI=1S/C14H15N3O6S/c1-24(20,21)23-12-8-16-9-13(17(18)19)15-14(16)22-11(12)7-10-5-3-2-4-6-10/h2-6,9,11-12H,7-8H2,1H3/t11-,12-/m1/s1. The van der Waals surface area contributed by atoms with Crippen LogP contribution in [0.3, 0.4) is 0 Å². The van der Waals surface area contributed by atoms with Gasteiger partial charge < -0.3 is 14.9 Å². The van der Waals surface area contributed by atoms with Crippen LogP contribution in [0, 0.1) is 10.1 Å². The molecule has 1 aromatic heterocycles. The molecule has 0 aliphatic carbocycles. The Hall–Kier alpha value is -2.46. The fraction of sp³-hybridized carbons (Fsp3) is 0.357. The SMILES string of the molecule is CS(=O)(=O)O[C@@H]1Cn2cc([N+](=O)[O-])nc2O[C@@H]1Cc1ccccc1. The number of benzene rings is 1. The Balaban J connectivity index is 1.89. The predicted octanol–water partition coefficient (Wildman–Crippen LogP) is 1.14. The largest absolute Gasteiger partial charge is 0.439 e. The Labute approximate surface area is 138 Å². The Morgan fingerprint density at radius 2 is 2.12 bits per heavy atom. The van der Waals surface area contributed by atoms with Gasteiger partial charge in [0.15, 0.2) is 0 Å². The molecule has 3 rings (SSSR count). The highest BCUT2D eigenvalue weighted by Gasteiger charge is 2.37. The fourth-order valence-corrected chi connectivity index (χ4v) is 3.19. The van der Waals surface area contributed by atoms with Crippen molar-refractivity contribution >= 4 is 15.9 Å². The van der Waals surface area contributed by atoms with E-state index in [9.17, 15) is 18.5 Å². The van der Waals surface area contributed by atoms with Gasteiger partial charge >= 0.3 is 11.8 Å². The lowest BCUT2D eigenvalue weighted by Gasteiger charge is -2.30. The molecule has 2 heterocycles. The highest BCUT2D eigenvalue weighted by molar-refractivity contribution is 7.86. The van der Waals surface area contributed by atoms with Gasteiger partial charge in [0, 0.05) is 11.4 Å². The molecule has 24 heavy (non-hydrogen) atoms. The molecule has 0 spiro atoms. The fourth-order valence-electron chi connectivity index (χ4n) is 2.56. The molecule has 10 heteroatoms. The summed E-state index contributed by atoms with van der Waals surface area (Å²) in [6.45, 7) is 0.0980. The van der Waals surface area contributed by atoms with Gasteiger partial charge in [0.1, 0.15) is 18.4 Å². The molecule has 0 saturated carbocycles. The molecule has 0 amide bonds. The summed E-state index contributed by atoms with van der Waals surface area (Å²) >= 11 is 0. The Morgan fingerprint density at radius 3 is 2.75 bits per heavy atom. The van der Waals surface area contributed by atoms with Crippen LogP contribution in [0.1, 0.15) is 5.56 Å². The molecular weight excluding hydrogens is 338 g/mol. The maximum atomic E-state index is 11.5. The van der Waals surface area contributed by atoms with Crippen molar-refractivity contribution in [3.63, 3.8) is 0 Å². The summed E-state index contributed by atoms with van der Waals surface area (Å²) in [5.74, 6) is -0.358. The summed E-state index contributed by atoms with van der Waals surface area (Å²) in [4.78, 5) is 14.0. The van der Waals surface area contributed by atoms with Crippen LogP contribution in [-0.4, -0.2) is 41.4 Å². The van der Waals surface area contributed by atoms with Crippen molar-refractivity contribution in [2.24, 2.45) is 0 Å². The van der Waals surface area contributed by atoms with E-state index in [0.29, 0.717) is 6.42 Å². The second kappa shape index (κ2) is 6.21. The zero-order valence-corrected chi connectivity index (χ0v) is 13.5. The highest BCUT2D eigenvalue weighted by atomic mass is 32.2. The summed E-state index contributed by atoms with van der Waals surface area (Å²) in [6.07, 6.45) is 1.12. The molecule has 1 aliphatic rings. The van der Waals surface area contributed by atoms with Crippen LogP contribution < -0.4 is 4.74 Å². The van der Waals surface area contributed by atoms with Gasteiger partial charge in [0.05, 0.1) is 12.8 Å². The summed E-state index contributed by atoms with van der Waals surface area (Å²) in [6, 6.07) is 9.42. The number of imidazole rings is 1. The molecule has 0 bridgehead atoms. The number of ether oxygens (including phenoxy) is 1. The van der Waals surface area contributed by atoms with E-state index in [1.54, 1.807) is 0 Å². The van der Waals surface area contributed by atoms with Gasteiger partial charge in [-0.05, 0) is 10.5 Å². The Morgan fingerprint density at radius 1 is 1.42 bits per heavy atom. The maximum absolute atomic E-state index is 11.5. The van der Waals surface area contributed by atoms with Crippen molar-refractivity contribution in [2.45, 2.75) is 25.2 Å². The van der Waals surface area contributed by atoms with Crippen LogP contribution in [0.15, 0.2) is 36.5 Å². The Bertz CT molecular complexity index is 849. The molecule has 9 nitrogen and oxygen atoms in total. The lowest BCUT2D eigenvalue weighted by molar-refractivity contribution is -0.389. The number of aromatic nitrogens is 2. The highest BCUT2D eigenvalue weighted by Crippen LogP contribution is 2.28. The van der Waals surface area contributed by atoms with Gasteiger partial charge in [-0.25, -0.2) is 0 Å². The minimum absolute atomic E-state index is 0.0796. The first-order chi connectivity index (χ1) is 11.3. The van der Waals surface area contributed by atoms with Crippen LogP contribution in [0.25, 0.3) is 0 Å². The van der Waals surface area contributed by atoms with Crippen molar-refractivity contribution in [2.75, 3.05) is 6.26 Å². The van der Waals surface area contributed by atoms with E-state index in [1.807, 2.05) is 30.3 Å². The summed E-state index contributed by atoms with van der Waals surface area (Å²) in [7, 11) is -3.71. The number of fused-ring (bicyclic) bond motifs is 1. The van der Waals surface area contributed by atoms with Crippen LogP contribution in [0.5, 0.6) is 6.01 Å². The average Bonchev–Trinajstić information content (AvgIpc) is 2.90. The lowest BCUT2D eigenvalue weighted by atomic mass is 10.0. The molecule has 2 aromatic rings. The number of nitrogens with zero attached hydrogens (tertiary/aromatic N) is 3. The van der Waals surface area contributed by atoms with Crippen molar-refractivity contribution < 1.29 is 22.3 Å². The average molecular weight is 353 g/mol. The first-order valence-corrected chi connectivity index (χ1v) is 8.94. The van der Waals surface area contributed by atoms with E-state index in [2.05, 4.69) is 4.98 Å². The van der Waals surface area contributed by atoms with Crippen molar-refractivity contribution in [1.82, 2.24) is 9.55 Å². The second-order valence-electron chi connectivity index (χ2n) is 5.48. The Kier molecular flexibility index (Phi) is 4.24. The van der Waals surface area contributed by atoms with Gasteiger partial charge in [0.2, 0.25) is 0 Å². The van der Waals surface area contributed by atoms with E-state index >= 15 is 0 Å². The van der Waals surface area contributed by atoms with Crippen molar-refractivity contribution in [3.05, 3.63) is 52.2 Å². The number of rotatable bonds is 5. The first-order valence-electron chi connectivity index (χ1n) is 7.12. The van der Waals surface area contributed by atoms with Gasteiger partial charge in [-0.2, -0.15) is 8.42 Å². The maximum Gasteiger partial charge on any atom is 0.414 e. The molecule has 2 atom stereocenters. The smallest absolute Gasteiger partial charge is 0.414 e. The minimum Gasteiger partial charge on any atom is -0.439 e. The molecule has 1 aromatic carbocycles. The van der Waals surface area contributed by atoms with Crippen LogP contribution in [0.2, 0.25) is 0 Å². The number of hydrogen-bond donors (Lipinski definition) is 0. The zero-order chi connectivity index (χ0) is 17.3. The van der Waals surface area contributed by atoms with E-state index in [-0.39, 0.29) is 18.4 Å². The molecule has 1 aliphatic heterocycles. The van der Waals surface area contributed by atoms with E-state index in [0.717, 1.165) is 11.8 Å². The monoisotopic (exact) mass is 353 g/mol. The second-order valence-corrected chi connectivity index (χ2v) is 7.08. The first kappa shape index (κ1) is 16.4.